The van der Waals surface area contributed by atoms with Gasteiger partial charge in [-0.1, -0.05) is 12.1 Å². The average molecular weight is 324 g/mol. The molecule has 1 aliphatic heterocycles. The fourth-order valence-electron chi connectivity index (χ4n) is 2.98. The van der Waals surface area contributed by atoms with Crippen LogP contribution in [-0.4, -0.2) is 41.0 Å². The largest absolute Gasteiger partial charge is 0.477 e. The van der Waals surface area contributed by atoms with Gasteiger partial charge in [-0.2, -0.15) is 5.10 Å². The summed E-state index contributed by atoms with van der Waals surface area (Å²) in [5.41, 5.74) is 9.97. The summed E-state index contributed by atoms with van der Waals surface area (Å²) in [4.78, 5) is 16.4. The third kappa shape index (κ3) is 2.63. The number of aliphatic imine (C=N–C) groups is 1. The second-order valence-corrected chi connectivity index (χ2v) is 6.39. The lowest BCUT2D eigenvalue weighted by molar-refractivity contribution is 0.1000. The first-order valence-electron chi connectivity index (χ1n) is 8.23. The Kier molecular flexibility index (Phi) is 3.69. The molecule has 4 rings (SSSR count). The van der Waals surface area contributed by atoms with Crippen molar-refractivity contribution in [2.45, 2.75) is 12.8 Å². The molecule has 1 aliphatic carbocycles. The maximum atomic E-state index is 12.1. The summed E-state index contributed by atoms with van der Waals surface area (Å²) in [6.45, 7) is 1.23. The van der Waals surface area contributed by atoms with Crippen LogP contribution < -0.4 is 10.5 Å². The van der Waals surface area contributed by atoms with E-state index in [0.717, 1.165) is 34.9 Å². The van der Waals surface area contributed by atoms with Gasteiger partial charge >= 0.3 is 0 Å². The number of carbonyl (C=O) groups excluding carboxylic acids is 1. The second kappa shape index (κ2) is 5.87. The van der Waals surface area contributed by atoms with Crippen LogP contribution in [0.4, 0.5) is 0 Å². The van der Waals surface area contributed by atoms with Crippen molar-refractivity contribution in [1.29, 1.82) is 0 Å². The van der Waals surface area contributed by atoms with E-state index in [1.54, 1.807) is 10.9 Å². The third-order valence-corrected chi connectivity index (χ3v) is 4.59. The summed E-state index contributed by atoms with van der Waals surface area (Å²) in [5.74, 6) is 1.46. The van der Waals surface area contributed by atoms with E-state index < -0.39 is 0 Å². The predicted molar refractivity (Wildman–Crippen MR) is 91.7 cm³/mol. The van der Waals surface area contributed by atoms with Crippen molar-refractivity contribution < 1.29 is 9.53 Å². The van der Waals surface area contributed by atoms with Crippen molar-refractivity contribution in [3.63, 3.8) is 0 Å². The summed E-state index contributed by atoms with van der Waals surface area (Å²) in [6.07, 6.45) is 4.28. The number of hydrogen-bond donors (Lipinski definition) is 1. The Morgan fingerprint density at radius 3 is 2.88 bits per heavy atom. The molecule has 0 saturated heterocycles. The normalized spacial score (nSPS) is 16.8. The monoisotopic (exact) mass is 324 g/mol. The second-order valence-electron chi connectivity index (χ2n) is 6.39. The molecule has 0 amide bonds. The van der Waals surface area contributed by atoms with Gasteiger partial charge in [0.1, 0.15) is 6.54 Å². The molecule has 1 aromatic carbocycles. The van der Waals surface area contributed by atoms with Gasteiger partial charge in [0.2, 0.25) is 5.88 Å². The van der Waals surface area contributed by atoms with Crippen molar-refractivity contribution in [2.24, 2.45) is 23.7 Å². The van der Waals surface area contributed by atoms with Crippen LogP contribution in [-0.2, 0) is 7.05 Å². The highest BCUT2D eigenvalue weighted by atomic mass is 16.5. The molecule has 1 fully saturated rings. The van der Waals surface area contributed by atoms with Crippen LogP contribution in [0.15, 0.2) is 29.4 Å². The number of nitrogens with zero attached hydrogens (tertiary/aromatic N) is 3. The Hall–Kier alpha value is -2.47. The summed E-state index contributed by atoms with van der Waals surface area (Å²) >= 11 is 0. The molecule has 0 radical (unpaired) electrons. The maximum Gasteiger partial charge on any atom is 0.219 e. The highest BCUT2D eigenvalue weighted by Crippen LogP contribution is 2.34. The van der Waals surface area contributed by atoms with Gasteiger partial charge in [-0.25, -0.2) is 4.68 Å². The van der Waals surface area contributed by atoms with Gasteiger partial charge in [0, 0.05) is 24.7 Å². The first-order valence-corrected chi connectivity index (χ1v) is 8.23. The van der Waals surface area contributed by atoms with Crippen LogP contribution in [0.1, 0.15) is 28.8 Å². The Morgan fingerprint density at radius 2 is 2.12 bits per heavy atom. The lowest BCUT2D eigenvalue weighted by Crippen LogP contribution is -2.24. The van der Waals surface area contributed by atoms with E-state index in [4.69, 9.17) is 10.5 Å². The number of hydrogen-bond acceptors (Lipinski definition) is 5. The minimum absolute atomic E-state index is 0.0325. The number of aromatic nitrogens is 2. The number of ether oxygens (including phenoxy) is 1. The Balaban J connectivity index is 1.73. The van der Waals surface area contributed by atoms with Gasteiger partial charge in [0.15, 0.2) is 5.78 Å². The SMILES string of the molecule is Cn1ncc(-c2ccc3c(c2)C(CN)=NCC3=O)c1OCC1CC1. The number of nitrogens with two attached hydrogens (primary N) is 1. The summed E-state index contributed by atoms with van der Waals surface area (Å²) in [6, 6.07) is 5.77. The van der Waals surface area contributed by atoms with Gasteiger partial charge in [-0.05, 0) is 30.4 Å². The Morgan fingerprint density at radius 1 is 1.29 bits per heavy atom. The fraction of sp³-hybridized carbons (Fsp3) is 0.389. The Bertz CT molecular complexity index is 834. The van der Waals surface area contributed by atoms with E-state index in [2.05, 4.69) is 10.1 Å². The molecule has 2 N–H and O–H groups in total. The number of ketones is 1. The number of Topliss-reactive ketones (excluding diaryl/α,β-unsaturated/α-hetero) is 1. The van der Waals surface area contributed by atoms with Crippen molar-refractivity contribution in [1.82, 2.24) is 9.78 Å². The van der Waals surface area contributed by atoms with Gasteiger partial charge in [-0.15, -0.1) is 0 Å². The number of rotatable bonds is 5. The van der Waals surface area contributed by atoms with Crippen molar-refractivity contribution >= 4 is 11.5 Å². The van der Waals surface area contributed by atoms with Crippen molar-refractivity contribution in [3.8, 4) is 17.0 Å². The van der Waals surface area contributed by atoms with Gasteiger partial charge < -0.3 is 10.5 Å². The van der Waals surface area contributed by atoms with Crippen LogP contribution in [0, 0.1) is 5.92 Å². The first kappa shape index (κ1) is 15.1. The smallest absolute Gasteiger partial charge is 0.219 e. The molecule has 24 heavy (non-hydrogen) atoms. The van der Waals surface area contributed by atoms with E-state index in [0.29, 0.717) is 18.0 Å². The molecule has 2 aromatic rings. The van der Waals surface area contributed by atoms with Crippen molar-refractivity contribution in [2.75, 3.05) is 19.7 Å². The standard InChI is InChI=1S/C18H20N4O2/c1-22-18(24-10-11-2-3-11)15(8-21-22)12-4-5-13-14(6-12)16(7-19)20-9-17(13)23/h4-6,8,11H,2-3,7,9-10,19H2,1H3. The van der Waals surface area contributed by atoms with Gasteiger partial charge in [-0.3, -0.25) is 9.79 Å². The molecular weight excluding hydrogens is 304 g/mol. The zero-order valence-electron chi connectivity index (χ0n) is 13.7. The molecule has 6 heteroatoms. The highest BCUT2D eigenvalue weighted by molar-refractivity contribution is 6.16. The number of benzene rings is 1. The molecule has 0 spiro atoms. The number of aryl methyl sites for hydroxylation is 1. The molecule has 124 valence electrons. The molecule has 1 saturated carbocycles. The highest BCUT2D eigenvalue weighted by Gasteiger charge is 2.25. The molecule has 6 nitrogen and oxygen atoms in total. The van der Waals surface area contributed by atoms with Crippen LogP contribution >= 0.6 is 0 Å². The van der Waals surface area contributed by atoms with Crippen LogP contribution in [0.3, 0.4) is 0 Å². The lowest BCUT2D eigenvalue weighted by atomic mass is 9.93. The topological polar surface area (TPSA) is 82.5 Å². The summed E-state index contributed by atoms with van der Waals surface area (Å²) < 4.78 is 7.73. The van der Waals surface area contributed by atoms with Gasteiger partial charge in [0.05, 0.1) is 24.1 Å². The molecule has 0 unspecified atom stereocenters. The fourth-order valence-corrected chi connectivity index (χ4v) is 2.98. The molecule has 0 bridgehead atoms. The van der Waals surface area contributed by atoms with Crippen molar-refractivity contribution in [3.05, 3.63) is 35.5 Å². The summed E-state index contributed by atoms with van der Waals surface area (Å²) in [7, 11) is 1.88. The summed E-state index contributed by atoms with van der Waals surface area (Å²) in [5, 5.41) is 4.33. The predicted octanol–water partition coefficient (Wildman–Crippen LogP) is 1.82. The third-order valence-electron chi connectivity index (χ3n) is 4.59. The zero-order chi connectivity index (χ0) is 16.7. The maximum absolute atomic E-state index is 12.1. The molecule has 0 atom stereocenters. The average Bonchev–Trinajstić information content (AvgIpc) is 3.35. The van der Waals surface area contributed by atoms with E-state index in [-0.39, 0.29) is 12.3 Å². The van der Waals surface area contributed by atoms with Gasteiger partial charge in [0.25, 0.3) is 0 Å². The van der Waals surface area contributed by atoms with Crippen LogP contribution in [0.25, 0.3) is 11.1 Å². The molecule has 1 aromatic heterocycles. The minimum Gasteiger partial charge on any atom is -0.477 e. The van der Waals surface area contributed by atoms with E-state index in [9.17, 15) is 4.79 Å². The quantitative estimate of drug-likeness (QED) is 0.909. The van der Waals surface area contributed by atoms with E-state index in [1.165, 1.54) is 12.8 Å². The van der Waals surface area contributed by atoms with E-state index >= 15 is 0 Å². The zero-order valence-corrected chi connectivity index (χ0v) is 13.7. The Labute approximate surface area is 140 Å². The van der Waals surface area contributed by atoms with E-state index in [1.807, 2.05) is 25.2 Å². The molecule has 2 aliphatic rings. The number of carbonyl (C=O) groups is 1. The van der Waals surface area contributed by atoms with Crippen LogP contribution in [0.5, 0.6) is 5.88 Å². The first-order chi connectivity index (χ1) is 11.7. The lowest BCUT2D eigenvalue weighted by Gasteiger charge is -2.16. The number of fused-ring (bicyclic) bond motifs is 1. The minimum atomic E-state index is 0.0325. The van der Waals surface area contributed by atoms with Crippen LogP contribution in [0.2, 0.25) is 0 Å². The molecular formula is C18H20N4O2. The molecule has 2 heterocycles.